The van der Waals surface area contributed by atoms with E-state index in [4.69, 9.17) is 0 Å². The summed E-state index contributed by atoms with van der Waals surface area (Å²) in [6, 6.07) is 1.34. The van der Waals surface area contributed by atoms with Gasteiger partial charge in [0.1, 0.15) is 23.1 Å². The van der Waals surface area contributed by atoms with E-state index in [0.29, 0.717) is 12.1 Å². The smallest absolute Gasteiger partial charge is 0.408 e. The topological polar surface area (TPSA) is 73.2 Å². The molecule has 0 saturated carbocycles. The Bertz CT molecular complexity index is 1140. The number of alkyl halides is 10. The van der Waals surface area contributed by atoms with Gasteiger partial charge in [-0.2, -0.15) is 43.9 Å². The molecular weight excluding hydrogens is 535 g/mol. The standard InChI is InChI=1S/C17H12F11N3O3S/c1-7-3-9(18)10(4-11(7)35(33)6-14(19,20)21)31-12(29-8(2)32)5-13(30-31)34-17(27,28)15(22,23)16(24,25)26/h3-5H,6H2,1-2H3,(H,29,32). The highest BCUT2D eigenvalue weighted by Crippen LogP contribution is 2.47. The van der Waals surface area contributed by atoms with E-state index in [9.17, 15) is 57.3 Å². The van der Waals surface area contributed by atoms with E-state index in [1.54, 1.807) is 0 Å². The molecule has 0 radical (unpaired) electrons. The maximum absolute atomic E-state index is 14.6. The SMILES string of the molecule is CC(=O)Nc1cc(OC(F)(F)C(F)(F)C(F)(F)F)nn1-c1cc(S(=O)CC(F)(F)F)c(C)cc1F. The van der Waals surface area contributed by atoms with Crippen LogP contribution in [0.1, 0.15) is 12.5 Å². The minimum absolute atomic E-state index is 0.168. The number of hydrogen-bond donors (Lipinski definition) is 1. The summed E-state index contributed by atoms with van der Waals surface area (Å²) in [6.07, 6.45) is -17.9. The first-order valence-corrected chi connectivity index (χ1v) is 10.1. The first-order chi connectivity index (χ1) is 15.7. The number of amides is 1. The molecule has 6 nitrogen and oxygen atoms in total. The summed E-state index contributed by atoms with van der Waals surface area (Å²) in [5.74, 6) is -13.3. The van der Waals surface area contributed by atoms with Gasteiger partial charge in [-0.3, -0.25) is 9.00 Å². The molecule has 1 amide bonds. The molecule has 2 rings (SSSR count). The van der Waals surface area contributed by atoms with Crippen LogP contribution in [-0.2, 0) is 15.6 Å². The molecule has 0 fully saturated rings. The number of halogens is 11. The number of carbonyl (C=O) groups excluding carboxylic acids is 1. The van der Waals surface area contributed by atoms with Crippen molar-refractivity contribution in [3.05, 3.63) is 29.6 Å². The average Bonchev–Trinajstić information content (AvgIpc) is 2.99. The van der Waals surface area contributed by atoms with Gasteiger partial charge < -0.3 is 10.1 Å². The highest BCUT2D eigenvalue weighted by atomic mass is 32.2. The van der Waals surface area contributed by atoms with Crippen LogP contribution >= 0.6 is 0 Å². The van der Waals surface area contributed by atoms with Gasteiger partial charge in [-0.25, -0.2) is 9.07 Å². The second kappa shape index (κ2) is 9.27. The normalized spacial score (nSPS) is 14.1. The molecule has 0 aliphatic heterocycles. The van der Waals surface area contributed by atoms with Gasteiger partial charge in [0, 0.05) is 17.9 Å². The molecule has 0 bridgehead atoms. The van der Waals surface area contributed by atoms with Crippen molar-refractivity contribution >= 4 is 22.5 Å². The van der Waals surface area contributed by atoms with E-state index in [1.165, 1.54) is 0 Å². The third-order valence-electron chi connectivity index (χ3n) is 3.96. The van der Waals surface area contributed by atoms with Gasteiger partial charge in [0.2, 0.25) is 11.8 Å². The van der Waals surface area contributed by atoms with E-state index in [2.05, 4.69) is 9.84 Å². The van der Waals surface area contributed by atoms with Gasteiger partial charge in [-0.15, -0.1) is 5.10 Å². The summed E-state index contributed by atoms with van der Waals surface area (Å²) < 4.78 is 159. The minimum Gasteiger partial charge on any atom is -0.408 e. The number of nitrogens with zero attached hydrogens (tertiary/aromatic N) is 2. The molecular formula is C17H12F11N3O3S. The van der Waals surface area contributed by atoms with Crippen molar-refractivity contribution in [2.75, 3.05) is 11.1 Å². The van der Waals surface area contributed by atoms with E-state index < -0.39 is 74.9 Å². The van der Waals surface area contributed by atoms with Gasteiger partial charge in [-0.05, 0) is 24.6 Å². The second-order valence-corrected chi connectivity index (χ2v) is 8.25. The van der Waals surface area contributed by atoms with Crippen LogP contribution in [0, 0.1) is 12.7 Å². The maximum Gasteiger partial charge on any atom is 0.475 e. The van der Waals surface area contributed by atoms with Gasteiger partial charge in [0.25, 0.3) is 0 Å². The molecule has 0 aliphatic carbocycles. The fourth-order valence-electron chi connectivity index (χ4n) is 2.50. The zero-order valence-electron chi connectivity index (χ0n) is 17.1. The number of benzene rings is 1. The molecule has 1 aromatic carbocycles. The summed E-state index contributed by atoms with van der Waals surface area (Å²) in [5, 5.41) is 5.00. The Kier molecular flexibility index (Phi) is 7.50. The number of nitrogens with one attached hydrogen (secondary N) is 1. The lowest BCUT2D eigenvalue weighted by atomic mass is 10.2. The van der Waals surface area contributed by atoms with Crippen LogP contribution < -0.4 is 10.1 Å². The third kappa shape index (κ3) is 6.21. The Labute approximate surface area is 190 Å². The number of aryl methyl sites for hydroxylation is 1. The van der Waals surface area contributed by atoms with Crippen LogP contribution in [0.15, 0.2) is 23.1 Å². The Balaban J connectivity index is 2.62. The number of aromatic nitrogens is 2. The van der Waals surface area contributed by atoms with Gasteiger partial charge >= 0.3 is 24.4 Å². The van der Waals surface area contributed by atoms with Gasteiger partial charge in [0.15, 0.2) is 0 Å². The number of carbonyl (C=O) groups is 1. The molecule has 0 saturated heterocycles. The van der Waals surface area contributed by atoms with Crippen LogP contribution in [0.3, 0.4) is 0 Å². The second-order valence-electron chi connectivity index (χ2n) is 6.83. The van der Waals surface area contributed by atoms with Crippen LogP contribution in [0.5, 0.6) is 5.88 Å². The molecule has 0 spiro atoms. The van der Waals surface area contributed by atoms with Crippen molar-refractivity contribution in [1.29, 1.82) is 0 Å². The summed E-state index contributed by atoms with van der Waals surface area (Å²) >= 11 is 0. The van der Waals surface area contributed by atoms with E-state index in [1.807, 2.05) is 5.32 Å². The lowest BCUT2D eigenvalue weighted by Gasteiger charge is -2.26. The van der Waals surface area contributed by atoms with Crippen molar-refractivity contribution in [3.63, 3.8) is 0 Å². The number of hydrogen-bond acceptors (Lipinski definition) is 4. The van der Waals surface area contributed by atoms with E-state index >= 15 is 0 Å². The molecule has 0 aliphatic rings. The lowest BCUT2D eigenvalue weighted by Crippen LogP contribution is -2.55. The maximum atomic E-state index is 14.6. The average molecular weight is 547 g/mol. The predicted octanol–water partition coefficient (Wildman–Crippen LogP) is 5.12. The Morgan fingerprint density at radius 1 is 1.06 bits per heavy atom. The molecule has 196 valence electrons. The Hall–Kier alpha value is -2.92. The van der Waals surface area contributed by atoms with Crippen molar-refractivity contribution < 1.29 is 62.0 Å². The molecule has 35 heavy (non-hydrogen) atoms. The van der Waals surface area contributed by atoms with Crippen molar-refractivity contribution in [2.45, 2.75) is 43.1 Å². The molecule has 1 unspecified atom stereocenters. The zero-order chi connectivity index (χ0) is 27.1. The first-order valence-electron chi connectivity index (χ1n) is 8.81. The molecule has 18 heteroatoms. The molecule has 1 N–H and O–H groups in total. The fourth-order valence-corrected chi connectivity index (χ4v) is 3.61. The van der Waals surface area contributed by atoms with Crippen molar-refractivity contribution in [2.24, 2.45) is 0 Å². The van der Waals surface area contributed by atoms with Crippen molar-refractivity contribution in [3.8, 4) is 11.6 Å². The summed E-state index contributed by atoms with van der Waals surface area (Å²) in [5.41, 5.74) is -1.17. The van der Waals surface area contributed by atoms with Gasteiger partial charge in [0.05, 0.1) is 10.8 Å². The van der Waals surface area contributed by atoms with Gasteiger partial charge in [-0.1, -0.05) is 0 Å². The highest BCUT2D eigenvalue weighted by Gasteiger charge is 2.76. The fraction of sp³-hybridized carbons (Fsp3) is 0.412. The van der Waals surface area contributed by atoms with E-state index in [-0.39, 0.29) is 16.3 Å². The number of ether oxygens (including phenoxy) is 1. The molecule has 2 aromatic rings. The van der Waals surface area contributed by atoms with Crippen LogP contribution in [0.25, 0.3) is 5.69 Å². The quantitative estimate of drug-likeness (QED) is 0.489. The highest BCUT2D eigenvalue weighted by molar-refractivity contribution is 7.85. The molecule has 1 aromatic heterocycles. The minimum atomic E-state index is -6.75. The third-order valence-corrected chi connectivity index (χ3v) is 5.48. The first kappa shape index (κ1) is 28.3. The number of rotatable bonds is 7. The monoisotopic (exact) mass is 547 g/mol. The molecule has 1 atom stereocenters. The van der Waals surface area contributed by atoms with E-state index in [0.717, 1.165) is 13.8 Å². The van der Waals surface area contributed by atoms with Crippen LogP contribution in [-0.4, -0.2) is 50.0 Å². The summed E-state index contributed by atoms with van der Waals surface area (Å²) in [6.45, 7) is 1.92. The molecule has 1 heterocycles. The van der Waals surface area contributed by atoms with Crippen molar-refractivity contribution in [1.82, 2.24) is 9.78 Å². The summed E-state index contributed by atoms with van der Waals surface area (Å²) in [4.78, 5) is 10.8. The van der Waals surface area contributed by atoms with Crippen LogP contribution in [0.4, 0.5) is 54.1 Å². The Morgan fingerprint density at radius 3 is 2.11 bits per heavy atom. The van der Waals surface area contributed by atoms with Crippen LogP contribution in [0.2, 0.25) is 0 Å². The Morgan fingerprint density at radius 2 is 1.63 bits per heavy atom. The lowest BCUT2D eigenvalue weighted by molar-refractivity contribution is -0.403. The zero-order valence-corrected chi connectivity index (χ0v) is 17.9. The summed E-state index contributed by atoms with van der Waals surface area (Å²) in [7, 11) is -2.80. The predicted molar refractivity (Wildman–Crippen MR) is 96.5 cm³/mol. The number of anilines is 1. The largest absolute Gasteiger partial charge is 0.475 e.